The molecule has 0 unspecified atom stereocenters. The third-order valence-corrected chi connectivity index (χ3v) is 1.45. The predicted octanol–water partition coefficient (Wildman–Crippen LogP) is 0.582. The summed E-state index contributed by atoms with van der Waals surface area (Å²) in [4.78, 5) is 0. The Hall–Kier alpha value is -0.570. The van der Waals surface area contributed by atoms with E-state index in [9.17, 15) is 0 Å². The Kier molecular flexibility index (Phi) is 1.71. The molecule has 1 aliphatic heterocycles. The zero-order valence-corrected chi connectivity index (χ0v) is 5.94. The molecule has 0 aromatic carbocycles. The van der Waals surface area contributed by atoms with Gasteiger partial charge in [-0.15, -0.1) is 0 Å². The van der Waals surface area contributed by atoms with Crippen LogP contribution in [0.3, 0.4) is 0 Å². The van der Waals surface area contributed by atoms with Crippen molar-refractivity contribution in [2.75, 3.05) is 6.54 Å². The summed E-state index contributed by atoms with van der Waals surface area (Å²) >= 11 is 0. The monoisotopic (exact) mass is 127 g/mol. The van der Waals surface area contributed by atoms with Crippen LogP contribution in [0.2, 0.25) is 0 Å². The summed E-state index contributed by atoms with van der Waals surface area (Å²) in [5, 5.41) is 9.30. The molecule has 0 atom stereocenters. The van der Waals surface area contributed by atoms with Gasteiger partial charge in [0.15, 0.2) is 0 Å². The van der Waals surface area contributed by atoms with Crippen molar-refractivity contribution < 1.29 is 0 Å². The van der Waals surface area contributed by atoms with E-state index < -0.39 is 0 Å². The van der Waals surface area contributed by atoms with E-state index in [0.29, 0.717) is 11.9 Å². The molecule has 3 nitrogen and oxygen atoms in total. The minimum atomic E-state index is 0.417. The molecule has 52 valence electrons. The van der Waals surface area contributed by atoms with Gasteiger partial charge in [0.2, 0.25) is 0 Å². The highest BCUT2D eigenvalue weighted by molar-refractivity contribution is 5.80. The molecular formula is C6H13N3. The molecule has 1 rings (SSSR count). The van der Waals surface area contributed by atoms with Crippen molar-refractivity contribution in [3.63, 3.8) is 0 Å². The fraction of sp³-hybridized carbons (Fsp3) is 0.833. The van der Waals surface area contributed by atoms with Crippen LogP contribution in [0.15, 0.2) is 0 Å². The van der Waals surface area contributed by atoms with Gasteiger partial charge in [0.1, 0.15) is 5.84 Å². The first-order chi connectivity index (χ1) is 4.22. The summed E-state index contributed by atoms with van der Waals surface area (Å²) < 4.78 is 0. The number of hydrogen-bond donors (Lipinski definition) is 2. The third-order valence-electron chi connectivity index (χ3n) is 1.45. The van der Waals surface area contributed by atoms with Gasteiger partial charge in [-0.2, -0.15) is 0 Å². The van der Waals surface area contributed by atoms with Crippen LogP contribution in [0.4, 0.5) is 0 Å². The van der Waals surface area contributed by atoms with Gasteiger partial charge in [0.25, 0.3) is 0 Å². The summed E-state index contributed by atoms with van der Waals surface area (Å²) in [7, 11) is 0. The highest BCUT2D eigenvalue weighted by atomic mass is 15.6. The van der Waals surface area contributed by atoms with E-state index in [1.165, 1.54) is 0 Å². The average molecular weight is 127 g/mol. The molecule has 0 saturated carbocycles. The Bertz CT molecular complexity index is 119. The number of hydrazine groups is 1. The van der Waals surface area contributed by atoms with Crippen molar-refractivity contribution in [2.24, 2.45) is 0 Å². The molecule has 1 fully saturated rings. The fourth-order valence-corrected chi connectivity index (χ4v) is 1.00. The predicted molar refractivity (Wildman–Crippen MR) is 37.3 cm³/mol. The first kappa shape index (κ1) is 6.55. The standard InChI is InChI=1S/C6H13N3/c1-5(2)9-6(7)3-4-8-9/h5,7-8H,3-4H2,1-2H3. The van der Waals surface area contributed by atoms with Crippen molar-refractivity contribution >= 4 is 5.84 Å². The van der Waals surface area contributed by atoms with E-state index in [1.54, 1.807) is 0 Å². The second-order valence-corrected chi connectivity index (χ2v) is 2.57. The normalized spacial score (nSPS) is 19.9. The van der Waals surface area contributed by atoms with Gasteiger partial charge in [0, 0.05) is 19.0 Å². The van der Waals surface area contributed by atoms with E-state index in [2.05, 4.69) is 19.3 Å². The molecule has 3 heteroatoms. The minimum Gasteiger partial charge on any atom is -0.294 e. The number of rotatable bonds is 1. The molecule has 0 amide bonds. The maximum absolute atomic E-state index is 7.40. The van der Waals surface area contributed by atoms with Gasteiger partial charge in [-0.25, -0.2) is 5.43 Å². The number of nitrogens with one attached hydrogen (secondary N) is 2. The van der Waals surface area contributed by atoms with Crippen LogP contribution in [-0.2, 0) is 0 Å². The molecule has 0 aromatic rings. The van der Waals surface area contributed by atoms with Gasteiger partial charge in [-0.1, -0.05) is 0 Å². The lowest BCUT2D eigenvalue weighted by molar-refractivity contribution is 0.287. The third kappa shape index (κ3) is 1.21. The van der Waals surface area contributed by atoms with E-state index in [4.69, 9.17) is 5.41 Å². The van der Waals surface area contributed by atoms with Crippen LogP contribution >= 0.6 is 0 Å². The molecule has 0 radical (unpaired) electrons. The first-order valence-corrected chi connectivity index (χ1v) is 3.32. The minimum absolute atomic E-state index is 0.417. The Labute approximate surface area is 55.5 Å². The summed E-state index contributed by atoms with van der Waals surface area (Å²) in [5.74, 6) is 0.713. The molecule has 2 N–H and O–H groups in total. The molecule has 9 heavy (non-hydrogen) atoms. The van der Waals surface area contributed by atoms with Crippen LogP contribution in [0, 0.1) is 5.41 Å². The average Bonchev–Trinajstić information content (AvgIpc) is 2.13. The van der Waals surface area contributed by atoms with Crippen molar-refractivity contribution in [3.05, 3.63) is 0 Å². The first-order valence-electron chi connectivity index (χ1n) is 3.32. The molecule has 0 bridgehead atoms. The smallest absolute Gasteiger partial charge is 0.112 e. The maximum Gasteiger partial charge on any atom is 0.112 e. The molecule has 0 aromatic heterocycles. The van der Waals surface area contributed by atoms with Crippen LogP contribution in [0.25, 0.3) is 0 Å². The van der Waals surface area contributed by atoms with Gasteiger partial charge in [0.05, 0.1) is 0 Å². The molecular weight excluding hydrogens is 114 g/mol. The van der Waals surface area contributed by atoms with Gasteiger partial charge < -0.3 is 0 Å². The SMILES string of the molecule is CC(C)N1NCCC1=N. The zero-order valence-electron chi connectivity index (χ0n) is 5.94. The van der Waals surface area contributed by atoms with E-state index in [1.807, 2.05) is 5.01 Å². The molecule has 0 spiro atoms. The molecule has 1 saturated heterocycles. The number of hydrogen-bond acceptors (Lipinski definition) is 2. The second-order valence-electron chi connectivity index (χ2n) is 2.57. The highest BCUT2D eigenvalue weighted by Crippen LogP contribution is 2.03. The van der Waals surface area contributed by atoms with Crippen molar-refractivity contribution in [2.45, 2.75) is 26.3 Å². The lowest BCUT2D eigenvalue weighted by Gasteiger charge is -2.21. The zero-order chi connectivity index (χ0) is 6.85. The van der Waals surface area contributed by atoms with Crippen molar-refractivity contribution in [1.82, 2.24) is 10.4 Å². The molecule has 1 heterocycles. The summed E-state index contributed by atoms with van der Waals surface area (Å²) in [6.07, 6.45) is 0.873. The van der Waals surface area contributed by atoms with Gasteiger partial charge in [-0.3, -0.25) is 10.4 Å². The van der Waals surface area contributed by atoms with E-state index in [-0.39, 0.29) is 0 Å². The summed E-state index contributed by atoms with van der Waals surface area (Å²) in [6, 6.07) is 0.417. The van der Waals surface area contributed by atoms with Crippen LogP contribution < -0.4 is 5.43 Å². The summed E-state index contributed by atoms with van der Waals surface area (Å²) in [6.45, 7) is 5.08. The lowest BCUT2D eigenvalue weighted by atomic mass is 10.3. The second kappa shape index (κ2) is 2.35. The van der Waals surface area contributed by atoms with Crippen LogP contribution in [0.5, 0.6) is 0 Å². The Balaban J connectivity index is 2.49. The highest BCUT2D eigenvalue weighted by Gasteiger charge is 2.17. The maximum atomic E-state index is 7.40. The Morgan fingerprint density at radius 3 is 2.56 bits per heavy atom. The molecule has 0 aliphatic carbocycles. The topological polar surface area (TPSA) is 39.1 Å². The Morgan fingerprint density at radius 2 is 2.33 bits per heavy atom. The van der Waals surface area contributed by atoms with Crippen molar-refractivity contribution in [1.29, 1.82) is 5.41 Å². The van der Waals surface area contributed by atoms with Gasteiger partial charge in [-0.05, 0) is 13.8 Å². The number of nitrogens with zero attached hydrogens (tertiary/aromatic N) is 1. The fourth-order valence-electron chi connectivity index (χ4n) is 1.00. The summed E-state index contributed by atoms with van der Waals surface area (Å²) in [5.41, 5.74) is 3.11. The van der Waals surface area contributed by atoms with E-state index in [0.717, 1.165) is 13.0 Å². The molecule has 1 aliphatic rings. The van der Waals surface area contributed by atoms with Crippen LogP contribution in [-0.4, -0.2) is 23.4 Å². The van der Waals surface area contributed by atoms with Gasteiger partial charge >= 0.3 is 0 Å². The van der Waals surface area contributed by atoms with E-state index >= 15 is 0 Å². The van der Waals surface area contributed by atoms with Crippen molar-refractivity contribution in [3.8, 4) is 0 Å². The quantitative estimate of drug-likeness (QED) is 0.541. The lowest BCUT2D eigenvalue weighted by Crippen LogP contribution is -2.39. The Morgan fingerprint density at radius 1 is 1.67 bits per heavy atom. The van der Waals surface area contributed by atoms with Crippen LogP contribution in [0.1, 0.15) is 20.3 Å². The number of amidine groups is 1. The largest absolute Gasteiger partial charge is 0.294 e.